The van der Waals surface area contributed by atoms with Crippen LogP contribution in [0.4, 0.5) is 4.79 Å². The van der Waals surface area contributed by atoms with Gasteiger partial charge in [0.05, 0.1) is 17.7 Å². The maximum atomic E-state index is 13.2. The minimum atomic E-state index is -1.32. The molecule has 2 aliphatic heterocycles. The number of carboxylic acid groups (broad SMARTS) is 1. The Hall–Kier alpha value is -1.81. The molecule has 0 aromatic rings. The van der Waals surface area contributed by atoms with E-state index in [9.17, 15) is 19.5 Å². The van der Waals surface area contributed by atoms with Crippen molar-refractivity contribution in [2.45, 2.75) is 96.8 Å². The van der Waals surface area contributed by atoms with Crippen LogP contribution < -0.4 is 10.6 Å². The third-order valence-corrected chi connectivity index (χ3v) is 6.30. The lowest BCUT2D eigenvalue weighted by Gasteiger charge is -2.45. The van der Waals surface area contributed by atoms with Crippen LogP contribution in [0.5, 0.6) is 0 Å². The van der Waals surface area contributed by atoms with E-state index in [-0.39, 0.29) is 24.3 Å². The predicted octanol–water partition coefficient (Wildman–Crippen LogP) is 2.26. The molecule has 0 saturated carbocycles. The molecule has 0 aliphatic carbocycles. The first-order chi connectivity index (χ1) is 14.0. The largest absolute Gasteiger partial charge is 0.465 e. The van der Waals surface area contributed by atoms with Crippen LogP contribution >= 0.6 is 0 Å². The SMILES string of the molecule is CC(=O)N[C@]1(C(=O)NC(C)(C)C)C[C@@H](CCB2OC(C)(C)C(C)(C)O2)CN(C(=O)O)C1. The Kier molecular flexibility index (Phi) is 7.07. The van der Waals surface area contributed by atoms with E-state index in [2.05, 4.69) is 10.6 Å². The van der Waals surface area contributed by atoms with Gasteiger partial charge in [-0.15, -0.1) is 0 Å². The number of amides is 3. The van der Waals surface area contributed by atoms with Crippen LogP contribution in [0.15, 0.2) is 0 Å². The number of nitrogens with zero attached hydrogens (tertiary/aromatic N) is 1. The van der Waals surface area contributed by atoms with Crippen LogP contribution in [0, 0.1) is 5.92 Å². The summed E-state index contributed by atoms with van der Waals surface area (Å²) in [5, 5.41) is 15.4. The van der Waals surface area contributed by atoms with E-state index >= 15 is 0 Å². The number of carbonyl (C=O) groups excluding carboxylic acids is 2. The quantitative estimate of drug-likeness (QED) is 0.566. The summed E-state index contributed by atoms with van der Waals surface area (Å²) in [6.45, 7) is 15.0. The molecule has 9 nitrogen and oxygen atoms in total. The number of carbonyl (C=O) groups is 3. The molecule has 0 radical (unpaired) electrons. The molecule has 0 unspecified atom stereocenters. The molecule has 0 aromatic heterocycles. The minimum absolute atomic E-state index is 0.0865. The van der Waals surface area contributed by atoms with Crippen molar-refractivity contribution in [1.82, 2.24) is 15.5 Å². The van der Waals surface area contributed by atoms with Gasteiger partial charge in [-0.1, -0.05) is 6.42 Å². The second-order valence-corrected chi connectivity index (χ2v) is 11.0. The lowest BCUT2D eigenvalue weighted by atomic mass is 9.74. The minimum Gasteiger partial charge on any atom is -0.465 e. The van der Waals surface area contributed by atoms with Crippen molar-refractivity contribution in [3.05, 3.63) is 0 Å². The Bertz CT molecular complexity index is 704. The van der Waals surface area contributed by atoms with Crippen molar-refractivity contribution in [3.63, 3.8) is 0 Å². The summed E-state index contributed by atoms with van der Waals surface area (Å²) < 4.78 is 12.1. The molecule has 0 spiro atoms. The highest BCUT2D eigenvalue weighted by atomic mass is 16.7. The van der Waals surface area contributed by atoms with E-state index < -0.39 is 35.5 Å². The smallest absolute Gasteiger partial charge is 0.457 e. The summed E-state index contributed by atoms with van der Waals surface area (Å²) in [5.41, 5.74) is -2.73. The van der Waals surface area contributed by atoms with E-state index in [1.165, 1.54) is 11.8 Å². The molecule has 2 atom stereocenters. The van der Waals surface area contributed by atoms with Crippen LogP contribution in [0.2, 0.25) is 6.32 Å². The first kappa shape index (κ1) is 25.5. The van der Waals surface area contributed by atoms with Gasteiger partial charge in [-0.3, -0.25) is 9.59 Å². The molecule has 2 saturated heterocycles. The highest BCUT2D eigenvalue weighted by Gasteiger charge is 2.52. The number of rotatable bonds is 5. The second-order valence-electron chi connectivity index (χ2n) is 11.0. The zero-order valence-electron chi connectivity index (χ0n) is 20.1. The van der Waals surface area contributed by atoms with Gasteiger partial charge in [0.1, 0.15) is 5.54 Å². The zero-order valence-corrected chi connectivity index (χ0v) is 20.1. The molecule has 31 heavy (non-hydrogen) atoms. The Labute approximate surface area is 185 Å². The number of piperidine rings is 1. The van der Waals surface area contributed by atoms with Gasteiger partial charge in [-0.2, -0.15) is 0 Å². The fourth-order valence-corrected chi connectivity index (χ4v) is 4.23. The summed E-state index contributed by atoms with van der Waals surface area (Å²) in [7, 11) is -0.399. The van der Waals surface area contributed by atoms with Gasteiger partial charge in [0.2, 0.25) is 11.8 Å². The molecule has 2 fully saturated rings. The van der Waals surface area contributed by atoms with E-state index in [1.807, 2.05) is 48.5 Å². The van der Waals surface area contributed by atoms with E-state index in [0.29, 0.717) is 25.7 Å². The molecule has 2 aliphatic rings. The van der Waals surface area contributed by atoms with Crippen LogP contribution in [0.1, 0.15) is 68.2 Å². The molecule has 0 bridgehead atoms. The number of nitrogens with one attached hydrogen (secondary N) is 2. The maximum Gasteiger partial charge on any atom is 0.457 e. The summed E-state index contributed by atoms with van der Waals surface area (Å²) in [5.74, 6) is -0.885. The Balaban J connectivity index is 2.21. The average Bonchev–Trinajstić information content (AvgIpc) is 2.77. The highest BCUT2D eigenvalue weighted by molar-refractivity contribution is 6.45. The van der Waals surface area contributed by atoms with Crippen molar-refractivity contribution in [3.8, 4) is 0 Å². The first-order valence-electron chi connectivity index (χ1n) is 10.9. The summed E-state index contributed by atoms with van der Waals surface area (Å²) in [6.07, 6.45) is 0.406. The van der Waals surface area contributed by atoms with Crippen LogP contribution in [-0.2, 0) is 18.9 Å². The summed E-state index contributed by atoms with van der Waals surface area (Å²) >= 11 is 0. The van der Waals surface area contributed by atoms with E-state index in [0.717, 1.165) is 0 Å². The molecule has 3 N–H and O–H groups in total. The summed E-state index contributed by atoms with van der Waals surface area (Å²) in [4.78, 5) is 38.3. The average molecular weight is 439 g/mol. The highest BCUT2D eigenvalue weighted by Crippen LogP contribution is 2.39. The standard InChI is InChI=1S/C21H38BN3O6/c1-14(26)23-21(16(27)24-18(2,3)4)11-15(12-25(13-21)17(28)29)9-10-22-30-19(5,6)20(7,8)31-22/h15H,9-13H2,1-8H3,(H,23,26)(H,24,27)(H,28,29)/t15-,21-/m1/s1. The van der Waals surface area contributed by atoms with E-state index in [4.69, 9.17) is 9.31 Å². The van der Waals surface area contributed by atoms with Crippen molar-refractivity contribution in [2.24, 2.45) is 5.92 Å². The third-order valence-electron chi connectivity index (χ3n) is 6.30. The van der Waals surface area contributed by atoms with Crippen molar-refractivity contribution >= 4 is 25.0 Å². The van der Waals surface area contributed by atoms with E-state index in [1.54, 1.807) is 0 Å². The van der Waals surface area contributed by atoms with Crippen LogP contribution in [0.25, 0.3) is 0 Å². The third kappa shape index (κ3) is 6.13. The maximum absolute atomic E-state index is 13.2. The fourth-order valence-electron chi connectivity index (χ4n) is 4.23. The predicted molar refractivity (Wildman–Crippen MR) is 118 cm³/mol. The van der Waals surface area contributed by atoms with Gasteiger partial charge < -0.3 is 29.9 Å². The fraction of sp³-hybridized carbons (Fsp3) is 0.857. The molecule has 0 aromatic carbocycles. The van der Waals surface area contributed by atoms with Crippen molar-refractivity contribution in [2.75, 3.05) is 13.1 Å². The molecular formula is C21H38BN3O6. The molecule has 2 heterocycles. The normalized spacial score (nSPS) is 27.7. The van der Waals surface area contributed by atoms with Crippen molar-refractivity contribution < 1.29 is 28.8 Å². The monoisotopic (exact) mass is 439 g/mol. The molecule has 176 valence electrons. The summed E-state index contributed by atoms with van der Waals surface area (Å²) in [6, 6.07) is 0. The Morgan fingerprint density at radius 3 is 2.13 bits per heavy atom. The lowest BCUT2D eigenvalue weighted by Crippen LogP contribution is -2.69. The van der Waals surface area contributed by atoms with Crippen LogP contribution in [-0.4, -0.2) is 70.4 Å². The van der Waals surface area contributed by atoms with Gasteiger partial charge in [-0.25, -0.2) is 4.79 Å². The molecular weight excluding hydrogens is 401 g/mol. The molecule has 3 amide bonds. The first-order valence-corrected chi connectivity index (χ1v) is 10.9. The van der Waals surface area contributed by atoms with Gasteiger partial charge >= 0.3 is 13.2 Å². The van der Waals surface area contributed by atoms with Gasteiger partial charge in [0.25, 0.3) is 0 Å². The van der Waals surface area contributed by atoms with Gasteiger partial charge in [0, 0.05) is 19.0 Å². The Morgan fingerprint density at radius 1 is 1.13 bits per heavy atom. The zero-order chi connectivity index (χ0) is 23.8. The van der Waals surface area contributed by atoms with Crippen molar-refractivity contribution in [1.29, 1.82) is 0 Å². The Morgan fingerprint density at radius 2 is 1.68 bits per heavy atom. The number of hydrogen-bond donors (Lipinski definition) is 3. The van der Waals surface area contributed by atoms with Crippen LogP contribution in [0.3, 0.4) is 0 Å². The topological polar surface area (TPSA) is 117 Å². The molecule has 2 rings (SSSR count). The van der Waals surface area contributed by atoms with Gasteiger partial charge in [0.15, 0.2) is 0 Å². The second kappa shape index (κ2) is 8.62. The number of likely N-dealkylation sites (tertiary alicyclic amines) is 1. The number of hydrogen-bond acceptors (Lipinski definition) is 5. The lowest BCUT2D eigenvalue weighted by molar-refractivity contribution is -0.137. The molecule has 10 heteroatoms. The van der Waals surface area contributed by atoms with Gasteiger partial charge in [-0.05, 0) is 67.1 Å².